The Bertz CT molecular complexity index is 656. The third-order valence-corrected chi connectivity index (χ3v) is 5.42. The molecule has 1 unspecified atom stereocenters. The van der Waals surface area contributed by atoms with Crippen LogP contribution in [0.1, 0.15) is 12.5 Å². The third-order valence-electron chi connectivity index (χ3n) is 3.11. The maximum atomic E-state index is 12.2. The maximum Gasteiger partial charge on any atom is 0.240 e. The quantitative estimate of drug-likeness (QED) is 0.709. The molecule has 1 aliphatic heterocycles. The minimum atomic E-state index is -3.71. The van der Waals surface area contributed by atoms with Crippen LogP contribution < -0.4 is 10.0 Å². The first-order chi connectivity index (χ1) is 9.73. The predicted octanol–water partition coefficient (Wildman–Crippen LogP) is 0.574. The molecule has 8 heteroatoms. The smallest absolute Gasteiger partial charge is 0.240 e. The van der Waals surface area contributed by atoms with Gasteiger partial charge in [-0.1, -0.05) is 0 Å². The van der Waals surface area contributed by atoms with Gasteiger partial charge in [-0.15, -0.1) is 0 Å². The van der Waals surface area contributed by atoms with Crippen molar-refractivity contribution in [2.24, 2.45) is 0 Å². The summed E-state index contributed by atoms with van der Waals surface area (Å²) >= 11 is 1.44. The van der Waals surface area contributed by atoms with Crippen molar-refractivity contribution in [3.63, 3.8) is 0 Å². The first-order valence-corrected chi connectivity index (χ1v) is 9.25. The highest BCUT2D eigenvalue weighted by Gasteiger charge is 2.25. The molecule has 0 aromatic heterocycles. The SMILES string of the molecule is CSCC(C)(O)CNS(=O)(=O)c1ccc2c(c1)CC(=O)N2. The van der Waals surface area contributed by atoms with E-state index in [1.165, 1.54) is 23.9 Å². The van der Waals surface area contributed by atoms with E-state index in [1.807, 2.05) is 6.26 Å². The van der Waals surface area contributed by atoms with E-state index in [4.69, 9.17) is 0 Å². The minimum Gasteiger partial charge on any atom is -0.388 e. The van der Waals surface area contributed by atoms with Crippen molar-refractivity contribution in [1.29, 1.82) is 0 Å². The monoisotopic (exact) mass is 330 g/mol. The summed E-state index contributed by atoms with van der Waals surface area (Å²) in [5.41, 5.74) is 0.202. The Hall–Kier alpha value is -1.09. The van der Waals surface area contributed by atoms with Crippen molar-refractivity contribution in [3.05, 3.63) is 23.8 Å². The molecule has 1 amide bonds. The molecule has 1 atom stereocenters. The van der Waals surface area contributed by atoms with E-state index in [0.717, 1.165) is 0 Å². The van der Waals surface area contributed by atoms with Crippen molar-refractivity contribution >= 4 is 33.4 Å². The van der Waals surface area contributed by atoms with Crippen LogP contribution in [0.15, 0.2) is 23.1 Å². The summed E-state index contributed by atoms with van der Waals surface area (Å²) in [6.45, 7) is 1.52. The van der Waals surface area contributed by atoms with Gasteiger partial charge in [-0.05, 0) is 36.9 Å². The fraction of sp³-hybridized carbons (Fsp3) is 0.462. The summed E-state index contributed by atoms with van der Waals surface area (Å²) in [4.78, 5) is 11.4. The molecule has 0 aliphatic carbocycles. The van der Waals surface area contributed by atoms with Crippen LogP contribution in [0.5, 0.6) is 0 Å². The molecule has 1 aromatic rings. The van der Waals surface area contributed by atoms with Crippen molar-refractivity contribution < 1.29 is 18.3 Å². The van der Waals surface area contributed by atoms with Crippen LogP contribution in [0.25, 0.3) is 0 Å². The lowest BCUT2D eigenvalue weighted by Crippen LogP contribution is -2.42. The summed E-state index contributed by atoms with van der Waals surface area (Å²) < 4.78 is 26.9. The number of sulfonamides is 1. The summed E-state index contributed by atoms with van der Waals surface area (Å²) in [7, 11) is -3.71. The second-order valence-corrected chi connectivity index (χ2v) is 7.93. The average molecular weight is 330 g/mol. The van der Waals surface area contributed by atoms with Gasteiger partial charge >= 0.3 is 0 Å². The highest BCUT2D eigenvalue weighted by atomic mass is 32.2. The van der Waals surface area contributed by atoms with E-state index >= 15 is 0 Å². The van der Waals surface area contributed by atoms with Gasteiger partial charge in [0.2, 0.25) is 15.9 Å². The van der Waals surface area contributed by atoms with Crippen molar-refractivity contribution in [2.45, 2.75) is 23.8 Å². The third kappa shape index (κ3) is 3.97. The van der Waals surface area contributed by atoms with Gasteiger partial charge in [0, 0.05) is 18.0 Å². The number of amides is 1. The fourth-order valence-electron chi connectivity index (χ4n) is 2.07. The number of carbonyl (C=O) groups is 1. The normalized spacial score (nSPS) is 17.2. The van der Waals surface area contributed by atoms with E-state index in [2.05, 4.69) is 10.0 Å². The molecular weight excluding hydrogens is 312 g/mol. The van der Waals surface area contributed by atoms with Gasteiger partial charge in [-0.3, -0.25) is 4.79 Å². The van der Waals surface area contributed by atoms with Crippen LogP contribution in [0.2, 0.25) is 0 Å². The molecule has 0 radical (unpaired) electrons. The molecule has 21 heavy (non-hydrogen) atoms. The second-order valence-electron chi connectivity index (χ2n) is 5.30. The Morgan fingerprint density at radius 2 is 2.19 bits per heavy atom. The number of thioether (sulfide) groups is 1. The van der Waals surface area contributed by atoms with Gasteiger partial charge < -0.3 is 10.4 Å². The van der Waals surface area contributed by atoms with Gasteiger partial charge in [0.15, 0.2) is 0 Å². The Balaban J connectivity index is 2.14. The molecule has 1 aromatic carbocycles. The number of carbonyl (C=O) groups excluding carboxylic acids is 1. The number of nitrogens with one attached hydrogen (secondary N) is 2. The average Bonchev–Trinajstić information content (AvgIpc) is 2.75. The molecule has 0 fully saturated rings. The zero-order chi connectivity index (χ0) is 15.7. The summed E-state index contributed by atoms with van der Waals surface area (Å²) in [6, 6.07) is 4.50. The van der Waals surface area contributed by atoms with E-state index < -0.39 is 15.6 Å². The molecule has 0 saturated heterocycles. The van der Waals surface area contributed by atoms with Crippen LogP contribution in [0.3, 0.4) is 0 Å². The van der Waals surface area contributed by atoms with E-state index in [0.29, 0.717) is 17.0 Å². The molecular formula is C13H18N2O4S2. The van der Waals surface area contributed by atoms with Crippen LogP contribution in [-0.4, -0.2) is 43.6 Å². The highest BCUT2D eigenvalue weighted by Crippen LogP contribution is 2.25. The minimum absolute atomic E-state index is 0.0650. The molecule has 0 spiro atoms. The topological polar surface area (TPSA) is 95.5 Å². The number of rotatable bonds is 6. The van der Waals surface area contributed by atoms with Gasteiger partial charge in [-0.25, -0.2) is 13.1 Å². The number of aliphatic hydroxyl groups is 1. The van der Waals surface area contributed by atoms with Gasteiger partial charge in [-0.2, -0.15) is 11.8 Å². The molecule has 3 N–H and O–H groups in total. The number of hydrogen-bond acceptors (Lipinski definition) is 5. The molecule has 1 aliphatic rings. The lowest BCUT2D eigenvalue weighted by molar-refractivity contribution is -0.115. The Labute approximate surface area is 128 Å². The second kappa shape index (κ2) is 5.96. The summed E-state index contributed by atoms with van der Waals surface area (Å²) in [6.07, 6.45) is 2.02. The van der Waals surface area contributed by atoms with Crippen LogP contribution in [-0.2, 0) is 21.2 Å². The molecule has 6 nitrogen and oxygen atoms in total. The summed E-state index contributed by atoms with van der Waals surface area (Å²) in [5.74, 6) is 0.286. The standard InChI is InChI=1S/C13H18N2O4S2/c1-13(17,8-20-2)7-14-21(18,19)10-3-4-11-9(5-10)6-12(16)15-11/h3-5,14,17H,6-8H2,1-2H3,(H,15,16). The van der Waals surface area contributed by atoms with Crippen LogP contribution in [0.4, 0.5) is 5.69 Å². The molecule has 0 bridgehead atoms. The zero-order valence-corrected chi connectivity index (χ0v) is 13.5. The number of fused-ring (bicyclic) bond motifs is 1. The van der Waals surface area contributed by atoms with Crippen LogP contribution in [0, 0.1) is 0 Å². The predicted molar refractivity (Wildman–Crippen MR) is 83.0 cm³/mol. The largest absolute Gasteiger partial charge is 0.388 e. The fourth-order valence-corrected chi connectivity index (χ4v) is 4.00. The van der Waals surface area contributed by atoms with Crippen LogP contribution >= 0.6 is 11.8 Å². The molecule has 116 valence electrons. The van der Waals surface area contributed by atoms with E-state index in [1.54, 1.807) is 13.0 Å². The Kier molecular flexibility index (Phi) is 4.62. The van der Waals surface area contributed by atoms with Crippen molar-refractivity contribution in [1.82, 2.24) is 4.72 Å². The van der Waals surface area contributed by atoms with Crippen molar-refractivity contribution in [2.75, 3.05) is 23.9 Å². The molecule has 2 rings (SSSR count). The first-order valence-electron chi connectivity index (χ1n) is 6.37. The lowest BCUT2D eigenvalue weighted by Gasteiger charge is -2.22. The molecule has 0 saturated carbocycles. The van der Waals surface area contributed by atoms with E-state index in [-0.39, 0.29) is 23.8 Å². The summed E-state index contributed by atoms with van der Waals surface area (Å²) in [5, 5.41) is 12.7. The highest BCUT2D eigenvalue weighted by molar-refractivity contribution is 7.98. The van der Waals surface area contributed by atoms with Gasteiger partial charge in [0.25, 0.3) is 0 Å². The maximum absolute atomic E-state index is 12.2. The number of benzene rings is 1. The first kappa shape index (κ1) is 16.3. The van der Waals surface area contributed by atoms with E-state index in [9.17, 15) is 18.3 Å². The Morgan fingerprint density at radius 3 is 2.86 bits per heavy atom. The van der Waals surface area contributed by atoms with Gasteiger partial charge in [0.05, 0.1) is 16.9 Å². The molecule has 1 heterocycles. The lowest BCUT2D eigenvalue weighted by atomic mass is 10.1. The number of anilines is 1. The van der Waals surface area contributed by atoms with Crippen molar-refractivity contribution in [3.8, 4) is 0 Å². The Morgan fingerprint density at radius 1 is 1.48 bits per heavy atom. The zero-order valence-electron chi connectivity index (χ0n) is 11.8. The number of hydrogen-bond donors (Lipinski definition) is 3. The van der Waals surface area contributed by atoms with Gasteiger partial charge in [0.1, 0.15) is 0 Å².